The Balaban J connectivity index is 2.92. The first-order valence-electron chi connectivity index (χ1n) is 9.93. The third kappa shape index (κ3) is 6.64. The van der Waals surface area contributed by atoms with Crippen molar-refractivity contribution in [3.05, 3.63) is 23.3 Å². The number of amides is 1. The van der Waals surface area contributed by atoms with Gasteiger partial charge in [0.05, 0.1) is 6.61 Å². The van der Waals surface area contributed by atoms with E-state index >= 15 is 0 Å². The second kappa shape index (κ2) is 10.6. The van der Waals surface area contributed by atoms with Crippen molar-refractivity contribution >= 4 is 11.6 Å². The van der Waals surface area contributed by atoms with Crippen LogP contribution in [0.3, 0.4) is 0 Å². The SMILES string of the molecule is CCCCOc1c(C)cc(NC(=O)[C@@](C)(CC(C)C)OCCC)cc1C. The maximum Gasteiger partial charge on any atom is 0.256 e. The molecule has 0 aromatic heterocycles. The highest BCUT2D eigenvalue weighted by Crippen LogP contribution is 2.29. The molecule has 0 fully saturated rings. The molecule has 1 aromatic rings. The molecule has 0 unspecified atom stereocenters. The summed E-state index contributed by atoms with van der Waals surface area (Å²) in [6, 6.07) is 3.95. The van der Waals surface area contributed by atoms with Crippen LogP contribution in [0.4, 0.5) is 5.69 Å². The zero-order valence-electron chi connectivity index (χ0n) is 17.7. The first-order chi connectivity index (χ1) is 12.2. The van der Waals surface area contributed by atoms with Gasteiger partial charge in [0.1, 0.15) is 11.4 Å². The lowest BCUT2D eigenvalue weighted by molar-refractivity contribution is -0.141. The van der Waals surface area contributed by atoms with Crippen molar-refractivity contribution in [3.8, 4) is 5.75 Å². The molecular weight excluding hydrogens is 326 g/mol. The van der Waals surface area contributed by atoms with Crippen LogP contribution in [0.25, 0.3) is 0 Å². The van der Waals surface area contributed by atoms with E-state index in [-0.39, 0.29) is 5.91 Å². The third-order valence-corrected chi connectivity index (χ3v) is 4.37. The Morgan fingerprint density at radius 2 is 1.73 bits per heavy atom. The number of carbonyl (C=O) groups is 1. The maximum atomic E-state index is 12.9. The molecule has 0 aliphatic carbocycles. The van der Waals surface area contributed by atoms with Crippen molar-refractivity contribution < 1.29 is 14.3 Å². The largest absolute Gasteiger partial charge is 0.493 e. The van der Waals surface area contributed by atoms with Gasteiger partial charge in [-0.2, -0.15) is 0 Å². The topological polar surface area (TPSA) is 47.6 Å². The van der Waals surface area contributed by atoms with Crippen molar-refractivity contribution in [2.75, 3.05) is 18.5 Å². The van der Waals surface area contributed by atoms with Crippen molar-refractivity contribution in [1.82, 2.24) is 0 Å². The van der Waals surface area contributed by atoms with Gasteiger partial charge < -0.3 is 14.8 Å². The van der Waals surface area contributed by atoms with Gasteiger partial charge in [-0.15, -0.1) is 0 Å². The zero-order chi connectivity index (χ0) is 19.7. The summed E-state index contributed by atoms with van der Waals surface area (Å²) in [5.41, 5.74) is 2.05. The fourth-order valence-corrected chi connectivity index (χ4v) is 3.16. The molecule has 1 amide bonds. The van der Waals surface area contributed by atoms with E-state index in [2.05, 4.69) is 33.0 Å². The number of carbonyl (C=O) groups excluding carboxylic acids is 1. The minimum absolute atomic E-state index is 0.0851. The number of nitrogens with one attached hydrogen (secondary N) is 1. The van der Waals surface area contributed by atoms with Crippen LogP contribution in [0, 0.1) is 19.8 Å². The molecule has 1 atom stereocenters. The van der Waals surface area contributed by atoms with Crippen LogP contribution < -0.4 is 10.1 Å². The molecule has 4 nitrogen and oxygen atoms in total. The smallest absolute Gasteiger partial charge is 0.256 e. The number of unbranched alkanes of at least 4 members (excludes halogenated alkanes) is 1. The van der Waals surface area contributed by atoms with Gasteiger partial charge in [-0.05, 0) is 69.2 Å². The van der Waals surface area contributed by atoms with Gasteiger partial charge in [0.2, 0.25) is 0 Å². The van der Waals surface area contributed by atoms with Crippen LogP contribution in [0.1, 0.15) is 71.4 Å². The van der Waals surface area contributed by atoms with Crippen LogP contribution in [-0.2, 0) is 9.53 Å². The summed E-state index contributed by atoms with van der Waals surface area (Å²) in [6.45, 7) is 15.7. The van der Waals surface area contributed by atoms with E-state index in [4.69, 9.17) is 9.47 Å². The Labute approximate surface area is 159 Å². The van der Waals surface area contributed by atoms with E-state index in [9.17, 15) is 4.79 Å². The van der Waals surface area contributed by atoms with Gasteiger partial charge in [0.25, 0.3) is 5.91 Å². The zero-order valence-corrected chi connectivity index (χ0v) is 17.7. The number of rotatable bonds is 11. The van der Waals surface area contributed by atoms with Crippen LogP contribution >= 0.6 is 0 Å². The number of aryl methyl sites for hydroxylation is 2. The van der Waals surface area contributed by atoms with Crippen molar-refractivity contribution in [2.45, 2.75) is 79.8 Å². The summed E-state index contributed by atoms with van der Waals surface area (Å²) in [4.78, 5) is 12.9. The van der Waals surface area contributed by atoms with Gasteiger partial charge in [-0.3, -0.25) is 4.79 Å². The molecule has 1 aromatic carbocycles. The first-order valence-corrected chi connectivity index (χ1v) is 9.93. The minimum atomic E-state index is -0.817. The molecule has 0 radical (unpaired) electrons. The molecule has 148 valence electrons. The lowest BCUT2D eigenvalue weighted by Gasteiger charge is -2.30. The second-order valence-electron chi connectivity index (χ2n) is 7.77. The highest BCUT2D eigenvalue weighted by Gasteiger charge is 2.35. The molecule has 1 rings (SSSR count). The van der Waals surface area contributed by atoms with E-state index in [0.717, 1.165) is 48.4 Å². The molecule has 0 spiro atoms. The highest BCUT2D eigenvalue weighted by molar-refractivity contribution is 5.97. The number of hydrogen-bond acceptors (Lipinski definition) is 3. The van der Waals surface area contributed by atoms with E-state index in [1.54, 1.807) is 0 Å². The van der Waals surface area contributed by atoms with Crippen LogP contribution in [0.2, 0.25) is 0 Å². The maximum absolute atomic E-state index is 12.9. The van der Waals surface area contributed by atoms with E-state index < -0.39 is 5.60 Å². The Kier molecular flexibility index (Phi) is 9.14. The van der Waals surface area contributed by atoms with Gasteiger partial charge in [-0.25, -0.2) is 0 Å². The quantitative estimate of drug-likeness (QED) is 0.517. The molecule has 0 saturated carbocycles. The summed E-state index contributed by atoms with van der Waals surface area (Å²) in [6.07, 6.45) is 3.73. The van der Waals surface area contributed by atoms with Crippen molar-refractivity contribution in [2.24, 2.45) is 5.92 Å². The fourth-order valence-electron chi connectivity index (χ4n) is 3.16. The molecule has 0 aliphatic heterocycles. The van der Waals surface area contributed by atoms with E-state index in [0.29, 0.717) is 18.9 Å². The Bertz CT molecular complexity index is 560. The number of ether oxygens (including phenoxy) is 2. The van der Waals surface area contributed by atoms with Crippen molar-refractivity contribution in [3.63, 3.8) is 0 Å². The molecule has 1 N–H and O–H groups in total. The van der Waals surface area contributed by atoms with Crippen molar-refractivity contribution in [1.29, 1.82) is 0 Å². The number of anilines is 1. The Hall–Kier alpha value is -1.55. The summed E-state index contributed by atoms with van der Waals surface area (Å²) in [5.74, 6) is 1.21. The molecule has 0 saturated heterocycles. The molecular formula is C22H37NO3. The fraction of sp³-hybridized carbons (Fsp3) is 0.682. The van der Waals surface area contributed by atoms with Crippen LogP contribution in [-0.4, -0.2) is 24.7 Å². The van der Waals surface area contributed by atoms with E-state index in [1.165, 1.54) is 0 Å². The van der Waals surface area contributed by atoms with Gasteiger partial charge in [0, 0.05) is 12.3 Å². The number of benzene rings is 1. The average molecular weight is 364 g/mol. The lowest BCUT2D eigenvalue weighted by Crippen LogP contribution is -2.44. The highest BCUT2D eigenvalue weighted by atomic mass is 16.5. The summed E-state index contributed by atoms with van der Waals surface area (Å²) in [5, 5.41) is 3.05. The monoisotopic (exact) mass is 363 g/mol. The van der Waals surface area contributed by atoms with Gasteiger partial charge in [0.15, 0.2) is 0 Å². The summed E-state index contributed by atoms with van der Waals surface area (Å²) in [7, 11) is 0. The average Bonchev–Trinajstić information content (AvgIpc) is 2.55. The predicted octanol–water partition coefficient (Wildman–Crippen LogP) is 5.65. The standard InChI is InChI=1S/C22H37NO3/c1-8-10-12-25-20-17(5)13-19(14-18(20)6)23-21(24)22(7,15-16(3)4)26-11-9-2/h13-14,16H,8-12,15H2,1-7H3,(H,23,24)/t22-/m1/s1. The van der Waals surface area contributed by atoms with Gasteiger partial charge >= 0.3 is 0 Å². The number of hydrogen-bond donors (Lipinski definition) is 1. The molecule has 0 bridgehead atoms. The summed E-state index contributed by atoms with van der Waals surface area (Å²) < 4.78 is 11.8. The lowest BCUT2D eigenvalue weighted by atomic mass is 9.92. The van der Waals surface area contributed by atoms with Crippen LogP contribution in [0.15, 0.2) is 12.1 Å². The van der Waals surface area contributed by atoms with Crippen LogP contribution in [0.5, 0.6) is 5.75 Å². The molecule has 4 heteroatoms. The summed E-state index contributed by atoms with van der Waals surface area (Å²) >= 11 is 0. The molecule has 0 heterocycles. The van der Waals surface area contributed by atoms with E-state index in [1.807, 2.05) is 32.9 Å². The first kappa shape index (κ1) is 22.5. The second-order valence-corrected chi connectivity index (χ2v) is 7.77. The molecule has 26 heavy (non-hydrogen) atoms. The Morgan fingerprint density at radius 1 is 1.12 bits per heavy atom. The van der Waals surface area contributed by atoms with Gasteiger partial charge in [-0.1, -0.05) is 34.1 Å². The third-order valence-electron chi connectivity index (χ3n) is 4.37. The minimum Gasteiger partial charge on any atom is -0.493 e. The Morgan fingerprint density at radius 3 is 2.23 bits per heavy atom. The molecule has 0 aliphatic rings. The predicted molar refractivity (Wildman–Crippen MR) is 109 cm³/mol. The normalized spacial score (nSPS) is 13.5.